The Morgan fingerprint density at radius 1 is 1.19 bits per heavy atom. The maximum Gasteiger partial charge on any atom is 0.411 e. The normalized spacial score (nSPS) is 10.1. The van der Waals surface area contributed by atoms with Crippen molar-refractivity contribution in [1.29, 1.82) is 0 Å². The summed E-state index contributed by atoms with van der Waals surface area (Å²) in [4.78, 5) is 23.2. The summed E-state index contributed by atoms with van der Waals surface area (Å²) in [5.74, 6) is -3.64. The molecule has 0 radical (unpaired) electrons. The van der Waals surface area contributed by atoms with Gasteiger partial charge < -0.3 is 9.47 Å². The number of esters is 1. The van der Waals surface area contributed by atoms with E-state index in [1.807, 2.05) is 6.92 Å². The lowest BCUT2D eigenvalue weighted by Crippen LogP contribution is -2.19. The van der Waals surface area contributed by atoms with Crippen LogP contribution in [0.2, 0.25) is 0 Å². The molecule has 0 bridgehead atoms. The van der Waals surface area contributed by atoms with Crippen LogP contribution in [0.5, 0.6) is 0 Å². The van der Waals surface area contributed by atoms with E-state index in [-0.39, 0.29) is 18.9 Å². The Balaban J connectivity index is 2.93. The topological polar surface area (TPSA) is 64.6 Å². The van der Waals surface area contributed by atoms with Crippen molar-refractivity contribution in [2.24, 2.45) is 0 Å². The lowest BCUT2D eigenvalue weighted by atomic mass is 10.1. The summed E-state index contributed by atoms with van der Waals surface area (Å²) in [5, 5.41) is 2.21. The van der Waals surface area contributed by atoms with E-state index in [4.69, 9.17) is 4.74 Å². The molecule has 0 heterocycles. The number of hydrogen-bond donors (Lipinski definition) is 1. The minimum Gasteiger partial charge on any atom is -0.462 e. The molecule has 5 nitrogen and oxygen atoms in total. The number of hydrogen-bond acceptors (Lipinski definition) is 4. The molecule has 0 spiro atoms. The maximum atomic E-state index is 13.7. The van der Waals surface area contributed by atoms with E-state index in [0.717, 1.165) is 18.6 Å². The van der Waals surface area contributed by atoms with E-state index < -0.39 is 29.3 Å². The third kappa shape index (κ3) is 4.70. The van der Waals surface area contributed by atoms with Crippen LogP contribution in [0, 0.1) is 11.6 Å². The molecule has 0 aromatic heterocycles. The van der Waals surface area contributed by atoms with Crippen molar-refractivity contribution < 1.29 is 27.8 Å². The molecule has 7 heteroatoms. The molecule has 21 heavy (non-hydrogen) atoms. The fourth-order valence-electron chi connectivity index (χ4n) is 1.51. The second kappa shape index (κ2) is 8.18. The van der Waals surface area contributed by atoms with E-state index in [1.54, 1.807) is 0 Å². The molecule has 0 saturated carbocycles. The highest BCUT2D eigenvalue weighted by Gasteiger charge is 2.23. The van der Waals surface area contributed by atoms with E-state index in [9.17, 15) is 18.4 Å². The number of amides is 1. The van der Waals surface area contributed by atoms with Gasteiger partial charge in [0, 0.05) is 0 Å². The molecule has 0 aliphatic rings. The van der Waals surface area contributed by atoms with Crippen LogP contribution in [0.1, 0.15) is 37.0 Å². The molecular formula is C14H17F2NO4. The summed E-state index contributed by atoms with van der Waals surface area (Å²) in [5.41, 5.74) is -0.863. The maximum absolute atomic E-state index is 13.7. The van der Waals surface area contributed by atoms with Crippen LogP contribution in [0.4, 0.5) is 19.3 Å². The van der Waals surface area contributed by atoms with Gasteiger partial charge in [0.15, 0.2) is 11.6 Å². The van der Waals surface area contributed by atoms with Gasteiger partial charge >= 0.3 is 12.1 Å². The molecule has 1 aromatic carbocycles. The van der Waals surface area contributed by atoms with Crippen molar-refractivity contribution in [2.75, 3.05) is 18.5 Å². The Bertz CT molecular complexity index is 520. The number of carbonyl (C=O) groups is 2. The molecule has 0 atom stereocenters. The number of benzene rings is 1. The summed E-state index contributed by atoms with van der Waals surface area (Å²) in [6.45, 7) is 3.65. The van der Waals surface area contributed by atoms with Crippen LogP contribution in [-0.2, 0) is 9.47 Å². The molecule has 0 unspecified atom stereocenters. The predicted molar refractivity (Wildman–Crippen MR) is 72.2 cm³/mol. The Labute approximate surface area is 121 Å². The van der Waals surface area contributed by atoms with Gasteiger partial charge in [-0.3, -0.25) is 5.32 Å². The zero-order valence-electron chi connectivity index (χ0n) is 11.9. The van der Waals surface area contributed by atoms with Crippen LogP contribution in [0.15, 0.2) is 12.1 Å². The second-order valence-corrected chi connectivity index (χ2v) is 4.12. The van der Waals surface area contributed by atoms with Crippen molar-refractivity contribution in [2.45, 2.75) is 26.7 Å². The molecule has 1 amide bonds. The molecule has 1 N–H and O–H groups in total. The summed E-state index contributed by atoms with van der Waals surface area (Å²) >= 11 is 0. The highest BCUT2D eigenvalue weighted by Crippen LogP contribution is 2.23. The molecular weight excluding hydrogens is 284 g/mol. The summed E-state index contributed by atoms with van der Waals surface area (Å²) < 4.78 is 36.4. The van der Waals surface area contributed by atoms with Crippen LogP contribution in [-0.4, -0.2) is 25.3 Å². The molecule has 0 aliphatic carbocycles. The van der Waals surface area contributed by atoms with E-state index in [0.29, 0.717) is 6.42 Å². The van der Waals surface area contributed by atoms with Crippen molar-refractivity contribution in [1.82, 2.24) is 0 Å². The van der Waals surface area contributed by atoms with Crippen LogP contribution in [0.3, 0.4) is 0 Å². The largest absolute Gasteiger partial charge is 0.462 e. The Kier molecular flexibility index (Phi) is 6.58. The van der Waals surface area contributed by atoms with Gasteiger partial charge in [0.2, 0.25) is 0 Å². The molecule has 116 valence electrons. The van der Waals surface area contributed by atoms with Gasteiger partial charge in [-0.05, 0) is 25.5 Å². The number of rotatable bonds is 6. The van der Waals surface area contributed by atoms with E-state index in [1.165, 1.54) is 6.92 Å². The number of unbranched alkanes of at least 4 members (excludes halogenated alkanes) is 1. The fourth-order valence-corrected chi connectivity index (χ4v) is 1.51. The predicted octanol–water partition coefficient (Wildman–Crippen LogP) is 3.49. The molecule has 0 aliphatic heterocycles. The zero-order chi connectivity index (χ0) is 15.8. The first-order chi connectivity index (χ1) is 10.0. The lowest BCUT2D eigenvalue weighted by molar-refractivity contribution is 0.0521. The van der Waals surface area contributed by atoms with Gasteiger partial charge in [-0.2, -0.15) is 0 Å². The third-order valence-corrected chi connectivity index (χ3v) is 2.54. The minimum absolute atomic E-state index is 0.00479. The number of carbonyl (C=O) groups excluding carboxylic acids is 2. The molecule has 0 saturated heterocycles. The van der Waals surface area contributed by atoms with Crippen molar-refractivity contribution in [3.8, 4) is 0 Å². The quantitative estimate of drug-likeness (QED) is 0.645. The molecule has 1 rings (SSSR count). The summed E-state index contributed by atoms with van der Waals surface area (Å²) in [6, 6.07) is 1.88. The van der Waals surface area contributed by atoms with E-state index in [2.05, 4.69) is 10.1 Å². The number of halogens is 2. The molecule has 0 fully saturated rings. The number of anilines is 1. The van der Waals surface area contributed by atoms with Crippen molar-refractivity contribution in [3.63, 3.8) is 0 Å². The van der Waals surface area contributed by atoms with Crippen molar-refractivity contribution in [3.05, 3.63) is 29.3 Å². The Hall–Kier alpha value is -2.18. The lowest BCUT2D eigenvalue weighted by Gasteiger charge is -2.12. The first-order valence-corrected chi connectivity index (χ1v) is 6.60. The van der Waals surface area contributed by atoms with Gasteiger partial charge in [0.25, 0.3) is 0 Å². The zero-order valence-corrected chi connectivity index (χ0v) is 11.9. The van der Waals surface area contributed by atoms with Gasteiger partial charge in [0.05, 0.1) is 18.9 Å². The first kappa shape index (κ1) is 16.9. The third-order valence-electron chi connectivity index (χ3n) is 2.54. The number of nitrogens with one attached hydrogen (secondary N) is 1. The minimum atomic E-state index is -1.38. The molecule has 1 aromatic rings. The Morgan fingerprint density at radius 3 is 2.52 bits per heavy atom. The highest BCUT2D eigenvalue weighted by atomic mass is 19.2. The second-order valence-electron chi connectivity index (χ2n) is 4.12. The van der Waals surface area contributed by atoms with E-state index >= 15 is 0 Å². The average Bonchev–Trinajstić information content (AvgIpc) is 2.43. The van der Waals surface area contributed by atoms with Gasteiger partial charge in [-0.25, -0.2) is 18.4 Å². The van der Waals surface area contributed by atoms with Crippen LogP contribution >= 0.6 is 0 Å². The monoisotopic (exact) mass is 301 g/mol. The van der Waals surface area contributed by atoms with Crippen LogP contribution < -0.4 is 5.32 Å². The van der Waals surface area contributed by atoms with Gasteiger partial charge in [0.1, 0.15) is 5.56 Å². The smallest absolute Gasteiger partial charge is 0.411 e. The van der Waals surface area contributed by atoms with Crippen LogP contribution in [0.25, 0.3) is 0 Å². The average molecular weight is 301 g/mol. The Morgan fingerprint density at radius 2 is 1.90 bits per heavy atom. The number of ether oxygens (including phenoxy) is 2. The van der Waals surface area contributed by atoms with Crippen molar-refractivity contribution >= 4 is 17.7 Å². The first-order valence-electron chi connectivity index (χ1n) is 6.60. The summed E-state index contributed by atoms with van der Waals surface area (Å²) in [6.07, 6.45) is 0.669. The standard InChI is InChI=1S/C14H17F2NO4/c1-3-5-8-21-14(19)17-10-7-6-9(15)12(16)11(10)13(18)20-4-2/h6-7H,3-5,8H2,1-2H3,(H,17,19). The van der Waals surface area contributed by atoms with Gasteiger partial charge in [-0.15, -0.1) is 0 Å². The fraction of sp³-hybridized carbons (Fsp3) is 0.429. The summed E-state index contributed by atoms with van der Waals surface area (Å²) in [7, 11) is 0. The SMILES string of the molecule is CCCCOC(=O)Nc1ccc(F)c(F)c1C(=O)OCC. The van der Waals surface area contributed by atoms with Gasteiger partial charge in [-0.1, -0.05) is 13.3 Å². The highest BCUT2D eigenvalue weighted by molar-refractivity contribution is 6.00.